The highest BCUT2D eigenvalue weighted by atomic mass is 16.8. The molecular weight excluding hydrogens is 1120 g/mol. The Kier molecular flexibility index (Phi) is 46.0. The molecule has 19 nitrogen and oxygen atoms in total. The predicted octanol–water partition coefficient (Wildman–Crippen LogP) is 8.83. The molecule has 3 rings (SSSR count). The highest BCUT2D eigenvalue weighted by molar-refractivity contribution is 5.76. The molecule has 510 valence electrons. The molecule has 0 radical (unpaired) electrons. The molecule has 3 fully saturated rings. The molecule has 1 amide bonds. The third-order valence-electron chi connectivity index (χ3n) is 17.5. The van der Waals surface area contributed by atoms with Crippen LogP contribution in [0.4, 0.5) is 0 Å². The van der Waals surface area contributed by atoms with Crippen LogP contribution in [0.3, 0.4) is 0 Å². The second-order valence-corrected chi connectivity index (χ2v) is 25.0. The summed E-state index contributed by atoms with van der Waals surface area (Å²) in [5, 5.41) is 121. The van der Waals surface area contributed by atoms with Crippen LogP contribution in [0.15, 0.2) is 36.5 Å². The zero-order valence-electron chi connectivity index (χ0n) is 53.8. The van der Waals surface area contributed by atoms with E-state index >= 15 is 0 Å². The number of amides is 1. The molecule has 3 aliphatic heterocycles. The molecule has 0 aromatic rings. The van der Waals surface area contributed by atoms with Crippen molar-refractivity contribution in [3.8, 4) is 0 Å². The number of unbranched alkanes of at least 4 members (excludes halogenated alkanes) is 31. The topological polar surface area (TPSA) is 307 Å². The van der Waals surface area contributed by atoms with Crippen LogP contribution in [-0.2, 0) is 33.2 Å². The zero-order valence-corrected chi connectivity index (χ0v) is 53.8. The summed E-state index contributed by atoms with van der Waals surface area (Å²) in [5.74, 6) is -0.248. The highest BCUT2D eigenvalue weighted by Gasteiger charge is 2.53. The first-order chi connectivity index (χ1) is 42.3. The summed E-state index contributed by atoms with van der Waals surface area (Å²) < 4.78 is 34.4. The van der Waals surface area contributed by atoms with Gasteiger partial charge in [-0.2, -0.15) is 0 Å². The average Bonchev–Trinajstić information content (AvgIpc) is 2.58. The van der Waals surface area contributed by atoms with Crippen molar-refractivity contribution in [1.29, 1.82) is 0 Å². The summed E-state index contributed by atoms with van der Waals surface area (Å²) in [6.45, 7) is 1.80. The summed E-state index contributed by atoms with van der Waals surface area (Å²) in [6, 6.07) is -0.892. The van der Waals surface area contributed by atoms with E-state index in [2.05, 4.69) is 55.6 Å². The van der Waals surface area contributed by atoms with Gasteiger partial charge in [0.25, 0.3) is 0 Å². The second-order valence-electron chi connectivity index (χ2n) is 25.0. The maximum atomic E-state index is 13.4. The van der Waals surface area contributed by atoms with Crippen molar-refractivity contribution in [1.82, 2.24) is 5.32 Å². The zero-order chi connectivity index (χ0) is 63.3. The summed E-state index contributed by atoms with van der Waals surface area (Å²) in [5.41, 5.74) is 0. The number of carbonyl (C=O) groups is 1. The van der Waals surface area contributed by atoms with Crippen LogP contribution in [0.1, 0.15) is 258 Å². The number of nitrogens with one attached hydrogen (secondary N) is 1. The third-order valence-corrected chi connectivity index (χ3v) is 17.5. The van der Waals surface area contributed by atoms with E-state index in [9.17, 15) is 61.0 Å². The molecule has 12 N–H and O–H groups in total. The number of aliphatic hydroxyl groups excluding tert-OH is 11. The molecule has 87 heavy (non-hydrogen) atoms. The van der Waals surface area contributed by atoms with Crippen molar-refractivity contribution in [3.63, 3.8) is 0 Å². The predicted molar refractivity (Wildman–Crippen MR) is 337 cm³/mol. The van der Waals surface area contributed by atoms with Crippen LogP contribution < -0.4 is 5.32 Å². The second kappa shape index (κ2) is 50.6. The lowest BCUT2D eigenvalue weighted by molar-refractivity contribution is -0.379. The Morgan fingerprint density at radius 3 is 1.18 bits per heavy atom. The summed E-state index contributed by atoms with van der Waals surface area (Å²) in [7, 11) is 0. The molecule has 19 heteroatoms. The molecule has 0 aliphatic carbocycles. The van der Waals surface area contributed by atoms with Crippen molar-refractivity contribution in [2.45, 2.75) is 362 Å². The fraction of sp³-hybridized carbons (Fsp3) is 0.897. The van der Waals surface area contributed by atoms with Crippen LogP contribution >= 0.6 is 0 Å². The lowest BCUT2D eigenvalue weighted by Gasteiger charge is -2.48. The summed E-state index contributed by atoms with van der Waals surface area (Å²) in [4.78, 5) is 13.4. The van der Waals surface area contributed by atoms with Crippen molar-refractivity contribution in [3.05, 3.63) is 36.5 Å². The monoisotopic (exact) mass is 1240 g/mol. The van der Waals surface area contributed by atoms with Crippen LogP contribution in [0, 0.1) is 0 Å². The smallest absolute Gasteiger partial charge is 0.220 e. The number of carbonyl (C=O) groups excluding carboxylic acids is 1. The first kappa shape index (κ1) is 79.2. The highest BCUT2D eigenvalue weighted by Crippen LogP contribution is 2.33. The Morgan fingerprint density at radius 2 is 0.759 bits per heavy atom. The fourth-order valence-electron chi connectivity index (χ4n) is 11.8. The lowest BCUT2D eigenvalue weighted by atomic mass is 9.96. The van der Waals surface area contributed by atoms with E-state index in [1.807, 2.05) is 0 Å². The Balaban J connectivity index is 1.44. The van der Waals surface area contributed by atoms with Gasteiger partial charge in [0.1, 0.15) is 73.2 Å². The van der Waals surface area contributed by atoms with E-state index in [4.69, 9.17) is 28.4 Å². The molecule has 0 bridgehead atoms. The van der Waals surface area contributed by atoms with Gasteiger partial charge in [0, 0.05) is 6.42 Å². The van der Waals surface area contributed by atoms with Gasteiger partial charge in [-0.05, 0) is 51.4 Å². The minimum atomic E-state index is -1.97. The number of aliphatic hydroxyl groups is 11. The standard InChI is InChI=1S/C68H125NO18/c1-3-5-7-9-11-13-15-17-19-21-23-24-25-26-28-30-32-34-36-38-40-42-44-46-56(74)69-51(52(73)45-43-41-39-37-35-33-31-29-27-22-20-18-16-14-12-10-8-6-4-2)50-82-66-62(80)59(77)64(54(48-71)84-66)87-68-63(81)60(78)65(55(49-72)85-68)86-67-61(79)58(76)57(75)53(47-70)83-67/h15,17,21,23,25-26,51-55,57-68,70-73,75-81H,3-14,16,18-20,22,24,27-50H2,1-2H3,(H,69,74)/b17-15-,23-21-,26-25-. The van der Waals surface area contributed by atoms with E-state index in [0.29, 0.717) is 12.8 Å². The van der Waals surface area contributed by atoms with Gasteiger partial charge in [-0.3, -0.25) is 4.79 Å². The van der Waals surface area contributed by atoms with Crippen LogP contribution in [0.5, 0.6) is 0 Å². The molecule has 0 spiro atoms. The molecular formula is C68H125NO18. The Hall–Kier alpha value is -1.99. The van der Waals surface area contributed by atoms with Gasteiger partial charge < -0.3 is 89.9 Å². The van der Waals surface area contributed by atoms with Crippen molar-refractivity contribution < 1.29 is 89.4 Å². The first-order valence-electron chi connectivity index (χ1n) is 34.7. The van der Waals surface area contributed by atoms with E-state index in [-0.39, 0.29) is 18.9 Å². The summed E-state index contributed by atoms with van der Waals surface area (Å²) >= 11 is 0. The average molecular weight is 1240 g/mol. The first-order valence-corrected chi connectivity index (χ1v) is 34.7. The fourth-order valence-corrected chi connectivity index (χ4v) is 11.8. The third kappa shape index (κ3) is 32.9. The molecule has 17 atom stereocenters. The molecule has 3 aliphatic rings. The maximum absolute atomic E-state index is 13.4. The Labute approximate surface area is 523 Å². The van der Waals surface area contributed by atoms with Gasteiger partial charge in [0.05, 0.1) is 38.6 Å². The Morgan fingerprint density at radius 1 is 0.414 bits per heavy atom. The molecule has 0 aromatic heterocycles. The van der Waals surface area contributed by atoms with Gasteiger partial charge in [-0.1, -0.05) is 237 Å². The summed E-state index contributed by atoms with van der Waals surface area (Å²) in [6.07, 6.45) is 30.7. The van der Waals surface area contributed by atoms with Gasteiger partial charge in [-0.25, -0.2) is 0 Å². The van der Waals surface area contributed by atoms with E-state index < -0.39 is 124 Å². The SMILES string of the molecule is CCCCCCC/C=C\C/C=C\C/C=C\CCCCCCCCCCC(=O)NC(COC1OC(CO)C(OC2OC(CO)C(OC3OC(CO)C(O)C(O)C3O)C(O)C2O)C(O)C1O)C(O)CCCCCCCCCCCCCCCCCCCCC. The largest absolute Gasteiger partial charge is 0.394 e. The van der Waals surface area contributed by atoms with Gasteiger partial charge in [0.15, 0.2) is 18.9 Å². The molecule has 3 heterocycles. The van der Waals surface area contributed by atoms with Gasteiger partial charge >= 0.3 is 0 Å². The molecule has 0 aromatic carbocycles. The number of allylic oxidation sites excluding steroid dienone is 6. The van der Waals surface area contributed by atoms with Crippen molar-refractivity contribution in [2.75, 3.05) is 26.4 Å². The number of ether oxygens (including phenoxy) is 6. The van der Waals surface area contributed by atoms with E-state index in [0.717, 1.165) is 70.6 Å². The Bertz CT molecular complexity index is 1720. The molecule has 3 saturated heterocycles. The van der Waals surface area contributed by atoms with Crippen molar-refractivity contribution in [2.24, 2.45) is 0 Å². The normalized spacial score (nSPS) is 28.8. The van der Waals surface area contributed by atoms with Crippen molar-refractivity contribution >= 4 is 5.91 Å². The number of hydrogen-bond acceptors (Lipinski definition) is 18. The lowest BCUT2D eigenvalue weighted by Crippen LogP contribution is -2.66. The minimum Gasteiger partial charge on any atom is -0.394 e. The van der Waals surface area contributed by atoms with E-state index in [1.54, 1.807) is 0 Å². The van der Waals surface area contributed by atoms with Gasteiger partial charge in [-0.15, -0.1) is 0 Å². The molecule has 0 saturated carbocycles. The quantitative estimate of drug-likeness (QED) is 0.0200. The molecule has 17 unspecified atom stereocenters. The van der Waals surface area contributed by atoms with Crippen LogP contribution in [0.2, 0.25) is 0 Å². The van der Waals surface area contributed by atoms with Gasteiger partial charge in [0.2, 0.25) is 5.91 Å². The van der Waals surface area contributed by atoms with E-state index in [1.165, 1.54) is 154 Å². The number of hydrogen-bond donors (Lipinski definition) is 12. The maximum Gasteiger partial charge on any atom is 0.220 e. The van der Waals surface area contributed by atoms with Crippen LogP contribution in [0.25, 0.3) is 0 Å². The minimum absolute atomic E-state index is 0.248. The number of rotatable bonds is 53. The van der Waals surface area contributed by atoms with Crippen LogP contribution in [-0.4, -0.2) is 193 Å².